The first-order valence-corrected chi connectivity index (χ1v) is 7.20. The minimum absolute atomic E-state index is 0.333. The average molecular weight is 327 g/mol. The number of para-hydroxylation sites is 2. The van der Waals surface area contributed by atoms with Crippen LogP contribution in [0.25, 0.3) is 0 Å². The highest BCUT2D eigenvalue weighted by Gasteiger charge is 2.26. The summed E-state index contributed by atoms with van der Waals surface area (Å²) >= 11 is 5.26. The average Bonchev–Trinajstić information content (AvgIpc) is 2.82. The van der Waals surface area contributed by atoms with Crippen LogP contribution in [0, 0.1) is 0 Å². The van der Waals surface area contributed by atoms with Gasteiger partial charge < -0.3 is 15.4 Å². The standard InChI is InChI=1S/C16H13N3O3S/c1-22-13-5-3-2-4-12(13)18-16(23)17-9-6-7-10-11(8-9)15(21)19-14(10)20/h2-8H,1H3,(H2,17,18,23)(H,19,20,21). The number of nitrogens with one attached hydrogen (secondary N) is 3. The lowest BCUT2D eigenvalue weighted by Gasteiger charge is -2.13. The molecule has 23 heavy (non-hydrogen) atoms. The number of carbonyl (C=O) groups is 2. The molecule has 2 amide bonds. The topological polar surface area (TPSA) is 79.5 Å². The van der Waals surface area contributed by atoms with Gasteiger partial charge in [0.25, 0.3) is 11.8 Å². The molecule has 0 saturated carbocycles. The van der Waals surface area contributed by atoms with Gasteiger partial charge >= 0.3 is 0 Å². The number of ether oxygens (including phenoxy) is 1. The normalized spacial score (nSPS) is 12.4. The Hall–Kier alpha value is -2.93. The zero-order chi connectivity index (χ0) is 16.4. The highest BCUT2D eigenvalue weighted by Crippen LogP contribution is 2.24. The van der Waals surface area contributed by atoms with E-state index >= 15 is 0 Å². The summed E-state index contributed by atoms with van der Waals surface area (Å²) in [6.07, 6.45) is 0. The van der Waals surface area contributed by atoms with E-state index in [0.29, 0.717) is 27.7 Å². The molecule has 0 fully saturated rings. The van der Waals surface area contributed by atoms with Gasteiger partial charge in [-0.25, -0.2) is 0 Å². The molecule has 0 spiro atoms. The molecule has 0 bridgehead atoms. The van der Waals surface area contributed by atoms with Gasteiger partial charge in [0.2, 0.25) is 0 Å². The fourth-order valence-electron chi connectivity index (χ4n) is 2.28. The van der Waals surface area contributed by atoms with E-state index in [1.165, 1.54) is 0 Å². The predicted octanol–water partition coefficient (Wildman–Crippen LogP) is 2.39. The summed E-state index contributed by atoms with van der Waals surface area (Å²) in [6, 6.07) is 12.2. The van der Waals surface area contributed by atoms with E-state index in [1.807, 2.05) is 24.3 Å². The smallest absolute Gasteiger partial charge is 0.259 e. The fraction of sp³-hybridized carbons (Fsp3) is 0.0625. The van der Waals surface area contributed by atoms with Crippen LogP contribution in [0.15, 0.2) is 42.5 Å². The van der Waals surface area contributed by atoms with Gasteiger partial charge in [0.05, 0.1) is 23.9 Å². The first kappa shape index (κ1) is 15.0. The molecule has 116 valence electrons. The Balaban J connectivity index is 1.75. The van der Waals surface area contributed by atoms with Crippen LogP contribution in [0.5, 0.6) is 5.75 Å². The van der Waals surface area contributed by atoms with Crippen LogP contribution in [0.1, 0.15) is 20.7 Å². The van der Waals surface area contributed by atoms with Gasteiger partial charge in [0, 0.05) is 5.69 Å². The van der Waals surface area contributed by atoms with Gasteiger partial charge in [0.1, 0.15) is 5.75 Å². The van der Waals surface area contributed by atoms with Crippen LogP contribution in [0.2, 0.25) is 0 Å². The summed E-state index contributed by atoms with van der Waals surface area (Å²) in [5.74, 6) is -0.126. The Morgan fingerprint density at radius 1 is 1.04 bits per heavy atom. The van der Waals surface area contributed by atoms with Crippen LogP contribution >= 0.6 is 12.2 Å². The zero-order valence-corrected chi connectivity index (χ0v) is 13.0. The maximum absolute atomic E-state index is 11.7. The Labute approximate surface area is 137 Å². The number of benzene rings is 2. The van der Waals surface area contributed by atoms with E-state index in [0.717, 1.165) is 5.69 Å². The second-order valence-electron chi connectivity index (χ2n) is 4.82. The second kappa shape index (κ2) is 6.05. The Morgan fingerprint density at radius 3 is 2.57 bits per heavy atom. The minimum atomic E-state index is -0.405. The largest absolute Gasteiger partial charge is 0.495 e. The Bertz CT molecular complexity index is 820. The third-order valence-electron chi connectivity index (χ3n) is 3.35. The van der Waals surface area contributed by atoms with E-state index in [1.54, 1.807) is 25.3 Å². The predicted molar refractivity (Wildman–Crippen MR) is 91.1 cm³/mol. The molecule has 0 aromatic heterocycles. The summed E-state index contributed by atoms with van der Waals surface area (Å²) in [4.78, 5) is 23.2. The van der Waals surface area contributed by atoms with Crippen molar-refractivity contribution in [1.29, 1.82) is 0 Å². The maximum atomic E-state index is 11.7. The SMILES string of the molecule is COc1ccccc1NC(=S)Nc1ccc2c(c1)C(=O)NC2=O. The van der Waals surface area contributed by atoms with Crippen molar-refractivity contribution in [2.24, 2.45) is 0 Å². The van der Waals surface area contributed by atoms with Crippen molar-refractivity contribution in [3.8, 4) is 5.75 Å². The number of imide groups is 1. The molecule has 7 heteroatoms. The number of amides is 2. The minimum Gasteiger partial charge on any atom is -0.495 e. The molecule has 1 aliphatic heterocycles. The van der Waals surface area contributed by atoms with Crippen molar-refractivity contribution in [1.82, 2.24) is 5.32 Å². The number of rotatable bonds is 3. The number of methoxy groups -OCH3 is 1. The summed E-state index contributed by atoms with van der Waals surface area (Å²) in [5.41, 5.74) is 2.03. The van der Waals surface area contributed by atoms with Crippen LogP contribution < -0.4 is 20.7 Å². The second-order valence-corrected chi connectivity index (χ2v) is 5.23. The molecule has 0 aliphatic carbocycles. The number of hydrogen-bond donors (Lipinski definition) is 3. The molecule has 3 N–H and O–H groups in total. The lowest BCUT2D eigenvalue weighted by Crippen LogP contribution is -2.20. The molecule has 6 nitrogen and oxygen atoms in total. The van der Waals surface area contributed by atoms with Gasteiger partial charge in [-0.05, 0) is 42.5 Å². The molecule has 0 unspecified atom stereocenters. The van der Waals surface area contributed by atoms with Crippen molar-refractivity contribution >= 4 is 40.5 Å². The number of carbonyl (C=O) groups excluding carboxylic acids is 2. The summed E-state index contributed by atoms with van der Waals surface area (Å²) in [7, 11) is 1.58. The van der Waals surface area contributed by atoms with Crippen LogP contribution in [-0.2, 0) is 0 Å². The first-order chi connectivity index (χ1) is 11.1. The van der Waals surface area contributed by atoms with Crippen molar-refractivity contribution in [3.05, 3.63) is 53.6 Å². The highest BCUT2D eigenvalue weighted by molar-refractivity contribution is 7.80. The van der Waals surface area contributed by atoms with E-state index in [9.17, 15) is 9.59 Å². The van der Waals surface area contributed by atoms with E-state index in [-0.39, 0.29) is 5.91 Å². The molecule has 1 aliphatic rings. The van der Waals surface area contributed by atoms with E-state index in [2.05, 4.69) is 16.0 Å². The number of anilines is 2. The first-order valence-electron chi connectivity index (χ1n) is 6.79. The number of thiocarbonyl (C=S) groups is 1. The number of fused-ring (bicyclic) bond motifs is 1. The van der Waals surface area contributed by atoms with Gasteiger partial charge in [-0.2, -0.15) is 0 Å². The molecule has 0 radical (unpaired) electrons. The van der Waals surface area contributed by atoms with Crippen molar-refractivity contribution in [2.45, 2.75) is 0 Å². The summed E-state index contributed by atoms with van der Waals surface area (Å²) in [6.45, 7) is 0. The molecule has 0 saturated heterocycles. The van der Waals surface area contributed by atoms with Crippen molar-refractivity contribution < 1.29 is 14.3 Å². The lowest BCUT2D eigenvalue weighted by molar-refractivity contribution is 0.0879. The van der Waals surface area contributed by atoms with E-state index < -0.39 is 5.91 Å². The molecule has 2 aromatic rings. The third-order valence-corrected chi connectivity index (χ3v) is 3.55. The zero-order valence-electron chi connectivity index (χ0n) is 12.2. The summed E-state index contributed by atoms with van der Waals surface area (Å²) in [5, 5.41) is 8.60. The maximum Gasteiger partial charge on any atom is 0.259 e. The lowest BCUT2D eigenvalue weighted by atomic mass is 10.1. The summed E-state index contributed by atoms with van der Waals surface area (Å²) < 4.78 is 5.24. The van der Waals surface area contributed by atoms with Crippen LogP contribution in [-0.4, -0.2) is 24.0 Å². The van der Waals surface area contributed by atoms with Gasteiger partial charge in [-0.1, -0.05) is 12.1 Å². The Kier molecular flexibility index (Phi) is 3.94. The molecular formula is C16H13N3O3S. The van der Waals surface area contributed by atoms with Crippen molar-refractivity contribution in [3.63, 3.8) is 0 Å². The van der Waals surface area contributed by atoms with Crippen LogP contribution in [0.3, 0.4) is 0 Å². The van der Waals surface area contributed by atoms with E-state index in [4.69, 9.17) is 17.0 Å². The highest BCUT2D eigenvalue weighted by atomic mass is 32.1. The molecular weight excluding hydrogens is 314 g/mol. The van der Waals surface area contributed by atoms with Gasteiger partial charge in [0.15, 0.2) is 5.11 Å². The third kappa shape index (κ3) is 3.00. The monoisotopic (exact) mass is 327 g/mol. The van der Waals surface area contributed by atoms with Gasteiger partial charge in [-0.15, -0.1) is 0 Å². The molecule has 1 heterocycles. The van der Waals surface area contributed by atoms with Crippen molar-refractivity contribution in [2.75, 3.05) is 17.7 Å². The van der Waals surface area contributed by atoms with Gasteiger partial charge in [-0.3, -0.25) is 14.9 Å². The Morgan fingerprint density at radius 2 is 1.78 bits per heavy atom. The fourth-order valence-corrected chi connectivity index (χ4v) is 2.51. The van der Waals surface area contributed by atoms with Crippen LogP contribution in [0.4, 0.5) is 11.4 Å². The number of hydrogen-bond acceptors (Lipinski definition) is 4. The molecule has 3 rings (SSSR count). The molecule has 2 aromatic carbocycles. The molecule has 0 atom stereocenters. The quantitative estimate of drug-likeness (QED) is 0.593.